The first-order valence-electron chi connectivity index (χ1n) is 4.21. The van der Waals surface area contributed by atoms with Crippen molar-refractivity contribution in [3.8, 4) is 0 Å². The van der Waals surface area contributed by atoms with Crippen LogP contribution >= 0.6 is 0 Å². The lowest BCUT2D eigenvalue weighted by Crippen LogP contribution is -2.47. The van der Waals surface area contributed by atoms with Gasteiger partial charge in [0, 0.05) is 12.1 Å². The smallest absolute Gasteiger partial charge is 0.0613 e. The molecule has 0 aromatic heterocycles. The van der Waals surface area contributed by atoms with Gasteiger partial charge < -0.3 is 10.4 Å². The topological polar surface area (TPSA) is 32.3 Å². The molecule has 11 heavy (non-hydrogen) atoms. The summed E-state index contributed by atoms with van der Waals surface area (Å²) >= 11 is 0. The first-order chi connectivity index (χ1) is 5.24. The van der Waals surface area contributed by atoms with Crippen LogP contribution in [0.3, 0.4) is 0 Å². The van der Waals surface area contributed by atoms with E-state index in [1.54, 1.807) is 0 Å². The van der Waals surface area contributed by atoms with E-state index < -0.39 is 0 Å². The Morgan fingerprint density at radius 1 is 1.45 bits per heavy atom. The molecule has 0 unspecified atom stereocenters. The molecule has 0 aliphatic heterocycles. The van der Waals surface area contributed by atoms with Crippen LogP contribution in [-0.2, 0) is 0 Å². The maximum Gasteiger partial charge on any atom is 0.0613 e. The summed E-state index contributed by atoms with van der Waals surface area (Å²) in [4.78, 5) is 0. The minimum atomic E-state index is -0.0891. The van der Waals surface area contributed by atoms with E-state index in [4.69, 9.17) is 5.11 Å². The van der Waals surface area contributed by atoms with Gasteiger partial charge in [-0.1, -0.05) is 19.9 Å². The lowest BCUT2D eigenvalue weighted by atomic mass is 9.94. The number of rotatable bonds is 6. The Morgan fingerprint density at radius 3 is 2.27 bits per heavy atom. The van der Waals surface area contributed by atoms with Crippen LogP contribution in [0.1, 0.15) is 26.7 Å². The molecule has 2 nitrogen and oxygen atoms in total. The standard InChI is InChI=1S/C9H19NO/c1-4-7-10-9(5-2,6-3)8-11/h4,10-11H,1,5-8H2,2-3H3. The number of hydrogen-bond donors (Lipinski definition) is 2. The van der Waals surface area contributed by atoms with Crippen LogP contribution in [-0.4, -0.2) is 23.8 Å². The Kier molecular flexibility index (Phi) is 5.16. The van der Waals surface area contributed by atoms with Crippen molar-refractivity contribution in [3.63, 3.8) is 0 Å². The quantitative estimate of drug-likeness (QED) is 0.570. The average Bonchev–Trinajstić information content (AvgIpc) is 2.08. The van der Waals surface area contributed by atoms with Gasteiger partial charge in [-0.2, -0.15) is 0 Å². The van der Waals surface area contributed by atoms with E-state index in [-0.39, 0.29) is 12.1 Å². The third-order valence-corrected chi connectivity index (χ3v) is 2.28. The minimum Gasteiger partial charge on any atom is -0.394 e. The summed E-state index contributed by atoms with van der Waals surface area (Å²) < 4.78 is 0. The van der Waals surface area contributed by atoms with Crippen LogP contribution in [0.25, 0.3) is 0 Å². The summed E-state index contributed by atoms with van der Waals surface area (Å²) in [5, 5.41) is 12.4. The van der Waals surface area contributed by atoms with E-state index in [9.17, 15) is 0 Å². The number of nitrogens with one attached hydrogen (secondary N) is 1. The molecule has 0 aliphatic carbocycles. The highest BCUT2D eigenvalue weighted by atomic mass is 16.3. The lowest BCUT2D eigenvalue weighted by Gasteiger charge is -2.30. The Hall–Kier alpha value is -0.340. The summed E-state index contributed by atoms with van der Waals surface area (Å²) in [6.07, 6.45) is 3.72. The predicted octanol–water partition coefficient (Wildman–Crippen LogP) is 1.31. The third kappa shape index (κ3) is 3.04. The summed E-state index contributed by atoms with van der Waals surface area (Å²) in [6, 6.07) is 0. The van der Waals surface area contributed by atoms with Crippen molar-refractivity contribution in [2.24, 2.45) is 0 Å². The molecule has 0 rings (SSSR count). The Morgan fingerprint density at radius 2 is 2.00 bits per heavy atom. The fraction of sp³-hybridized carbons (Fsp3) is 0.778. The monoisotopic (exact) mass is 157 g/mol. The first kappa shape index (κ1) is 10.7. The second kappa shape index (κ2) is 5.33. The van der Waals surface area contributed by atoms with Gasteiger partial charge in [0.1, 0.15) is 0 Å². The van der Waals surface area contributed by atoms with Gasteiger partial charge in [-0.05, 0) is 12.8 Å². The zero-order valence-electron chi connectivity index (χ0n) is 7.56. The predicted molar refractivity (Wildman–Crippen MR) is 48.6 cm³/mol. The molecule has 0 saturated heterocycles. The highest BCUT2D eigenvalue weighted by Crippen LogP contribution is 2.13. The fourth-order valence-corrected chi connectivity index (χ4v) is 1.07. The normalized spacial score (nSPS) is 11.5. The highest BCUT2D eigenvalue weighted by Gasteiger charge is 2.22. The van der Waals surface area contributed by atoms with Gasteiger partial charge in [0.25, 0.3) is 0 Å². The molecule has 0 atom stereocenters. The molecule has 0 aromatic rings. The molecule has 2 heteroatoms. The van der Waals surface area contributed by atoms with Crippen LogP contribution in [0.15, 0.2) is 12.7 Å². The molecule has 0 spiro atoms. The maximum atomic E-state index is 9.11. The molecule has 0 aromatic carbocycles. The maximum absolute atomic E-state index is 9.11. The minimum absolute atomic E-state index is 0.0891. The van der Waals surface area contributed by atoms with Crippen molar-refractivity contribution in [1.29, 1.82) is 0 Å². The van der Waals surface area contributed by atoms with E-state index in [1.165, 1.54) is 0 Å². The van der Waals surface area contributed by atoms with Gasteiger partial charge in [0.2, 0.25) is 0 Å². The summed E-state index contributed by atoms with van der Waals surface area (Å²) in [5.41, 5.74) is -0.0891. The molecule has 0 bridgehead atoms. The van der Waals surface area contributed by atoms with Crippen molar-refractivity contribution in [2.75, 3.05) is 13.2 Å². The average molecular weight is 157 g/mol. The zero-order valence-corrected chi connectivity index (χ0v) is 7.56. The second-order valence-electron chi connectivity index (χ2n) is 2.82. The van der Waals surface area contributed by atoms with Crippen LogP contribution < -0.4 is 5.32 Å². The van der Waals surface area contributed by atoms with E-state index in [2.05, 4.69) is 25.7 Å². The molecule has 0 radical (unpaired) electrons. The van der Waals surface area contributed by atoms with Crippen molar-refractivity contribution in [1.82, 2.24) is 5.32 Å². The zero-order chi connectivity index (χ0) is 8.74. The molecule has 0 saturated carbocycles. The van der Waals surface area contributed by atoms with Crippen molar-refractivity contribution in [3.05, 3.63) is 12.7 Å². The molecule has 0 aliphatic rings. The lowest BCUT2D eigenvalue weighted by molar-refractivity contribution is 0.155. The number of aliphatic hydroxyl groups excluding tert-OH is 1. The fourth-order valence-electron chi connectivity index (χ4n) is 1.07. The molecule has 0 heterocycles. The summed E-state index contributed by atoms with van der Waals surface area (Å²) in [6.45, 7) is 8.75. The van der Waals surface area contributed by atoms with Crippen molar-refractivity contribution in [2.45, 2.75) is 32.2 Å². The SMILES string of the molecule is C=CCNC(CC)(CC)CO. The van der Waals surface area contributed by atoms with E-state index in [0.29, 0.717) is 0 Å². The Labute approximate surface area is 69.3 Å². The van der Waals surface area contributed by atoms with E-state index in [1.807, 2.05) is 6.08 Å². The second-order valence-corrected chi connectivity index (χ2v) is 2.82. The number of aliphatic hydroxyl groups is 1. The van der Waals surface area contributed by atoms with Crippen LogP contribution in [0.4, 0.5) is 0 Å². The molecule has 66 valence electrons. The molecular weight excluding hydrogens is 138 g/mol. The van der Waals surface area contributed by atoms with Gasteiger partial charge in [-0.25, -0.2) is 0 Å². The van der Waals surface area contributed by atoms with E-state index >= 15 is 0 Å². The van der Waals surface area contributed by atoms with Crippen molar-refractivity contribution < 1.29 is 5.11 Å². The number of hydrogen-bond acceptors (Lipinski definition) is 2. The molecule has 2 N–H and O–H groups in total. The van der Waals surface area contributed by atoms with Gasteiger partial charge in [-0.15, -0.1) is 6.58 Å². The van der Waals surface area contributed by atoms with Crippen LogP contribution in [0, 0.1) is 0 Å². The van der Waals surface area contributed by atoms with Crippen LogP contribution in [0.2, 0.25) is 0 Å². The first-order valence-corrected chi connectivity index (χ1v) is 4.21. The van der Waals surface area contributed by atoms with Gasteiger partial charge in [-0.3, -0.25) is 0 Å². The largest absolute Gasteiger partial charge is 0.394 e. The van der Waals surface area contributed by atoms with E-state index in [0.717, 1.165) is 19.4 Å². The van der Waals surface area contributed by atoms with Gasteiger partial charge in [0.05, 0.1) is 6.61 Å². The van der Waals surface area contributed by atoms with Crippen molar-refractivity contribution >= 4 is 0 Å². The molecule has 0 amide bonds. The van der Waals surface area contributed by atoms with Gasteiger partial charge in [0.15, 0.2) is 0 Å². The highest BCUT2D eigenvalue weighted by molar-refractivity contribution is 4.87. The Balaban J connectivity index is 3.93. The summed E-state index contributed by atoms with van der Waals surface area (Å²) in [5.74, 6) is 0. The third-order valence-electron chi connectivity index (χ3n) is 2.28. The molecule has 0 fully saturated rings. The van der Waals surface area contributed by atoms with Gasteiger partial charge >= 0.3 is 0 Å². The summed E-state index contributed by atoms with van der Waals surface area (Å²) in [7, 11) is 0. The molecular formula is C9H19NO. The Bertz CT molecular complexity index is 99.9. The van der Waals surface area contributed by atoms with Crippen LogP contribution in [0.5, 0.6) is 0 Å².